The highest BCUT2D eigenvalue weighted by Crippen LogP contribution is 2.34. The average molecular weight is 368 g/mol. The van der Waals surface area contributed by atoms with Crippen LogP contribution in [-0.4, -0.2) is 30.9 Å². The molecule has 0 saturated carbocycles. The van der Waals surface area contributed by atoms with Crippen LogP contribution in [-0.2, 0) is 4.74 Å². The molecule has 0 saturated heterocycles. The first kappa shape index (κ1) is 18.1. The molecule has 0 fully saturated rings. The van der Waals surface area contributed by atoms with Gasteiger partial charge in [0.1, 0.15) is 16.8 Å². The lowest BCUT2D eigenvalue weighted by atomic mass is 10.1. The van der Waals surface area contributed by atoms with E-state index >= 15 is 0 Å². The van der Waals surface area contributed by atoms with Crippen molar-refractivity contribution in [1.82, 2.24) is 4.98 Å². The molecule has 0 atom stereocenters. The second-order valence-electron chi connectivity index (χ2n) is 5.48. The third-order valence-electron chi connectivity index (χ3n) is 3.91. The van der Waals surface area contributed by atoms with Gasteiger partial charge in [-0.3, -0.25) is 4.98 Å². The van der Waals surface area contributed by atoms with Gasteiger partial charge in [0.2, 0.25) is 0 Å². The van der Waals surface area contributed by atoms with Crippen LogP contribution >= 0.6 is 11.8 Å². The highest BCUT2D eigenvalue weighted by atomic mass is 32.2. The van der Waals surface area contributed by atoms with Crippen molar-refractivity contribution in [3.05, 3.63) is 54.2 Å². The molecular weight excluding hydrogens is 348 g/mol. The molecule has 1 N–H and O–H groups in total. The summed E-state index contributed by atoms with van der Waals surface area (Å²) in [6.45, 7) is 2.08. The number of nitrogens with one attached hydrogen (secondary N) is 1. The fourth-order valence-corrected chi connectivity index (χ4v) is 3.16. The van der Waals surface area contributed by atoms with Crippen molar-refractivity contribution < 1.29 is 14.3 Å². The van der Waals surface area contributed by atoms with E-state index in [-0.39, 0.29) is 0 Å². The predicted octanol–water partition coefficient (Wildman–Crippen LogP) is 4.89. The Morgan fingerprint density at radius 2 is 2.04 bits per heavy atom. The first-order valence-corrected chi connectivity index (χ1v) is 9.44. The zero-order valence-corrected chi connectivity index (χ0v) is 15.7. The Hall–Kier alpha value is -2.73. The number of carbonyl (C=O) groups excluding carboxylic acids is 1. The van der Waals surface area contributed by atoms with Gasteiger partial charge in [-0.25, -0.2) is 4.79 Å². The molecule has 1 heterocycles. The monoisotopic (exact) mass is 368 g/mol. The number of fused-ring (bicyclic) bond motifs is 1. The van der Waals surface area contributed by atoms with Crippen LogP contribution in [0.3, 0.4) is 0 Å². The molecule has 1 aromatic heterocycles. The summed E-state index contributed by atoms with van der Waals surface area (Å²) in [7, 11) is 1.60. The maximum absolute atomic E-state index is 12.4. The van der Waals surface area contributed by atoms with Crippen molar-refractivity contribution in [3.8, 4) is 5.75 Å². The van der Waals surface area contributed by atoms with Crippen LogP contribution in [0.25, 0.3) is 10.9 Å². The molecular formula is C20H20N2O3S. The molecule has 0 bridgehead atoms. The van der Waals surface area contributed by atoms with E-state index in [1.54, 1.807) is 25.8 Å². The van der Waals surface area contributed by atoms with Crippen LogP contribution in [0.1, 0.15) is 17.3 Å². The first-order valence-electron chi connectivity index (χ1n) is 8.21. The third-order valence-corrected chi connectivity index (χ3v) is 4.64. The Kier molecular flexibility index (Phi) is 5.63. The summed E-state index contributed by atoms with van der Waals surface area (Å²) >= 11 is 1.66. The number of methoxy groups -OCH3 is 1. The first-order chi connectivity index (χ1) is 12.7. The van der Waals surface area contributed by atoms with Crippen LogP contribution in [0.5, 0.6) is 5.75 Å². The molecule has 3 aromatic rings. The predicted molar refractivity (Wildman–Crippen MR) is 106 cm³/mol. The summed E-state index contributed by atoms with van der Waals surface area (Å²) in [6.07, 6.45) is 3.56. The molecule has 0 aliphatic heterocycles. The van der Waals surface area contributed by atoms with E-state index in [2.05, 4.69) is 10.3 Å². The number of aromatic nitrogens is 1. The number of nitrogens with zero attached hydrogens (tertiary/aromatic N) is 1. The smallest absolute Gasteiger partial charge is 0.341 e. The number of thioether (sulfide) groups is 1. The number of hydrogen-bond donors (Lipinski definition) is 1. The van der Waals surface area contributed by atoms with Crippen LogP contribution < -0.4 is 10.1 Å². The van der Waals surface area contributed by atoms with Crippen molar-refractivity contribution in [1.29, 1.82) is 0 Å². The van der Waals surface area contributed by atoms with Gasteiger partial charge in [-0.1, -0.05) is 18.2 Å². The molecule has 2 aromatic carbocycles. The van der Waals surface area contributed by atoms with Crippen LogP contribution in [0.15, 0.2) is 53.6 Å². The van der Waals surface area contributed by atoms with Gasteiger partial charge in [0.05, 0.1) is 19.4 Å². The van der Waals surface area contributed by atoms with Gasteiger partial charge in [-0.05, 0) is 37.4 Å². The molecule has 26 heavy (non-hydrogen) atoms. The summed E-state index contributed by atoms with van der Waals surface area (Å²) in [5.74, 6) is 0.243. The normalized spacial score (nSPS) is 10.6. The van der Waals surface area contributed by atoms with Crippen molar-refractivity contribution in [2.45, 2.75) is 11.8 Å². The van der Waals surface area contributed by atoms with E-state index in [0.717, 1.165) is 16.0 Å². The molecule has 0 unspecified atom stereocenters. The van der Waals surface area contributed by atoms with Gasteiger partial charge in [0.25, 0.3) is 0 Å². The molecule has 0 spiro atoms. The molecule has 134 valence electrons. The van der Waals surface area contributed by atoms with E-state index in [1.807, 2.05) is 48.7 Å². The second-order valence-corrected chi connectivity index (χ2v) is 6.36. The number of hydrogen-bond acceptors (Lipinski definition) is 6. The van der Waals surface area contributed by atoms with Crippen molar-refractivity contribution >= 4 is 40.0 Å². The molecule has 0 radical (unpaired) electrons. The Morgan fingerprint density at radius 1 is 1.23 bits per heavy atom. The number of para-hydroxylation sites is 1. The summed E-state index contributed by atoms with van der Waals surface area (Å²) < 4.78 is 10.6. The topological polar surface area (TPSA) is 60.5 Å². The van der Waals surface area contributed by atoms with E-state index in [1.165, 1.54) is 6.20 Å². The second kappa shape index (κ2) is 8.10. The number of rotatable bonds is 6. The van der Waals surface area contributed by atoms with Crippen molar-refractivity contribution in [2.75, 3.05) is 25.3 Å². The maximum Gasteiger partial charge on any atom is 0.341 e. The summed E-state index contributed by atoms with van der Waals surface area (Å²) in [5, 5.41) is 4.17. The molecule has 0 amide bonds. The fourth-order valence-electron chi connectivity index (χ4n) is 2.70. The Balaban J connectivity index is 2.17. The minimum Gasteiger partial charge on any atom is -0.494 e. The van der Waals surface area contributed by atoms with E-state index < -0.39 is 5.97 Å². The fraction of sp³-hybridized carbons (Fsp3) is 0.200. The van der Waals surface area contributed by atoms with Gasteiger partial charge < -0.3 is 14.8 Å². The standard InChI is InChI=1S/C20H20N2O3S/c1-4-25-20(23)16-12-21-19-15(9-6-10-17(19)24-2)18(16)22-13-7-5-8-14(11-13)26-3/h5-12H,4H2,1-3H3,(H,21,22). The minimum atomic E-state index is -0.409. The molecule has 5 nitrogen and oxygen atoms in total. The van der Waals surface area contributed by atoms with Crippen LogP contribution in [0.2, 0.25) is 0 Å². The Labute approximate surface area is 156 Å². The number of benzene rings is 2. The highest BCUT2D eigenvalue weighted by Gasteiger charge is 2.18. The summed E-state index contributed by atoms with van der Waals surface area (Å²) in [6, 6.07) is 13.6. The van der Waals surface area contributed by atoms with Crippen LogP contribution in [0, 0.1) is 0 Å². The number of ether oxygens (including phenoxy) is 2. The average Bonchev–Trinajstić information content (AvgIpc) is 2.68. The zero-order chi connectivity index (χ0) is 18.5. The van der Waals surface area contributed by atoms with Gasteiger partial charge >= 0.3 is 5.97 Å². The lowest BCUT2D eigenvalue weighted by molar-refractivity contribution is 0.0527. The molecule has 0 aliphatic carbocycles. The number of anilines is 2. The summed E-state index contributed by atoms with van der Waals surface area (Å²) in [4.78, 5) is 18.0. The van der Waals surface area contributed by atoms with Crippen molar-refractivity contribution in [2.24, 2.45) is 0 Å². The van der Waals surface area contributed by atoms with E-state index in [9.17, 15) is 4.79 Å². The Morgan fingerprint density at radius 3 is 2.77 bits per heavy atom. The molecule has 3 rings (SSSR count). The minimum absolute atomic E-state index is 0.302. The Bertz CT molecular complexity index is 943. The molecule has 6 heteroatoms. The third kappa shape index (κ3) is 3.60. The van der Waals surface area contributed by atoms with E-state index in [0.29, 0.717) is 29.1 Å². The lowest BCUT2D eigenvalue weighted by Crippen LogP contribution is -2.09. The zero-order valence-electron chi connectivity index (χ0n) is 14.9. The van der Waals surface area contributed by atoms with Gasteiger partial charge in [0, 0.05) is 22.2 Å². The highest BCUT2D eigenvalue weighted by molar-refractivity contribution is 7.98. The maximum atomic E-state index is 12.4. The SMILES string of the molecule is CCOC(=O)c1cnc2c(OC)cccc2c1Nc1cccc(SC)c1. The van der Waals surface area contributed by atoms with Gasteiger partial charge in [0.15, 0.2) is 0 Å². The largest absolute Gasteiger partial charge is 0.494 e. The van der Waals surface area contributed by atoms with Gasteiger partial charge in [-0.2, -0.15) is 0 Å². The number of pyridine rings is 1. The summed E-state index contributed by atoms with van der Waals surface area (Å²) in [5.41, 5.74) is 2.62. The van der Waals surface area contributed by atoms with Crippen molar-refractivity contribution in [3.63, 3.8) is 0 Å². The molecule has 0 aliphatic rings. The lowest BCUT2D eigenvalue weighted by Gasteiger charge is -2.15. The van der Waals surface area contributed by atoms with E-state index in [4.69, 9.17) is 9.47 Å². The van der Waals surface area contributed by atoms with Gasteiger partial charge in [-0.15, -0.1) is 11.8 Å². The number of esters is 1. The van der Waals surface area contributed by atoms with Crippen LogP contribution in [0.4, 0.5) is 11.4 Å². The quantitative estimate of drug-likeness (QED) is 0.494. The number of carbonyl (C=O) groups is 1.